The summed E-state index contributed by atoms with van der Waals surface area (Å²) in [4.78, 5) is 30.0. The number of sulfonamides is 1. The van der Waals surface area contributed by atoms with E-state index in [0.29, 0.717) is 17.7 Å². The zero-order valence-corrected chi connectivity index (χ0v) is 20.2. The maximum absolute atomic E-state index is 13.1. The predicted octanol–water partition coefficient (Wildman–Crippen LogP) is 3.19. The summed E-state index contributed by atoms with van der Waals surface area (Å²) < 4.78 is 27.3. The van der Waals surface area contributed by atoms with Crippen molar-refractivity contribution in [2.24, 2.45) is 16.8 Å². The molecule has 1 aliphatic heterocycles. The van der Waals surface area contributed by atoms with Crippen LogP contribution < -0.4 is 15.4 Å². The lowest BCUT2D eigenvalue weighted by Gasteiger charge is -2.24. The minimum absolute atomic E-state index is 0.0411. The summed E-state index contributed by atoms with van der Waals surface area (Å²) in [5, 5.41) is 5.87. The molecule has 3 N–H and O–H groups in total. The molecule has 1 heterocycles. The molecule has 1 saturated carbocycles. The molecule has 0 spiro atoms. The van der Waals surface area contributed by atoms with E-state index in [1.807, 2.05) is 38.1 Å². The monoisotopic (exact) mass is 482 g/mol. The molecule has 0 bridgehead atoms. The van der Waals surface area contributed by atoms with E-state index in [1.165, 1.54) is 6.07 Å². The van der Waals surface area contributed by atoms with Gasteiger partial charge in [0.25, 0.3) is 10.0 Å². The maximum atomic E-state index is 13.1. The van der Waals surface area contributed by atoms with Crippen molar-refractivity contribution in [3.05, 3.63) is 59.7 Å². The van der Waals surface area contributed by atoms with Gasteiger partial charge in [0.2, 0.25) is 11.8 Å². The summed E-state index contributed by atoms with van der Waals surface area (Å²) in [6.07, 6.45) is 3.66. The van der Waals surface area contributed by atoms with Crippen LogP contribution in [0, 0.1) is 11.8 Å². The van der Waals surface area contributed by atoms with E-state index in [4.69, 9.17) is 0 Å². The molecule has 0 saturated heterocycles. The third kappa shape index (κ3) is 5.14. The second-order valence-electron chi connectivity index (χ2n) is 8.94. The van der Waals surface area contributed by atoms with Gasteiger partial charge < -0.3 is 10.6 Å². The quantitative estimate of drug-likeness (QED) is 0.536. The van der Waals surface area contributed by atoms with Gasteiger partial charge in [0.05, 0.1) is 4.90 Å². The van der Waals surface area contributed by atoms with Crippen LogP contribution in [-0.4, -0.2) is 32.1 Å². The van der Waals surface area contributed by atoms with Crippen LogP contribution in [-0.2, 0) is 26.2 Å². The van der Waals surface area contributed by atoms with Crippen molar-refractivity contribution in [1.82, 2.24) is 10.0 Å². The second kappa shape index (κ2) is 9.97. The van der Waals surface area contributed by atoms with Gasteiger partial charge in [-0.1, -0.05) is 51.0 Å². The summed E-state index contributed by atoms with van der Waals surface area (Å²) in [5.41, 5.74) is 2.03. The van der Waals surface area contributed by atoms with E-state index in [0.717, 1.165) is 24.8 Å². The maximum Gasteiger partial charge on any atom is 0.263 e. The van der Waals surface area contributed by atoms with Crippen molar-refractivity contribution in [2.45, 2.75) is 57.0 Å². The van der Waals surface area contributed by atoms with Gasteiger partial charge in [-0.2, -0.15) is 0 Å². The molecule has 2 aromatic rings. The first kappa shape index (κ1) is 23.9. The minimum Gasteiger partial charge on any atom is -0.350 e. The van der Waals surface area contributed by atoms with Crippen LogP contribution in [0.1, 0.15) is 50.7 Å². The van der Waals surface area contributed by atoms with Gasteiger partial charge in [-0.05, 0) is 48.6 Å². The number of aliphatic imine (C=N–C) groups is 1. The Morgan fingerprint density at radius 2 is 1.91 bits per heavy atom. The Bertz CT molecular complexity index is 1220. The summed E-state index contributed by atoms with van der Waals surface area (Å²) in [6.45, 7) is 4.15. The fourth-order valence-corrected chi connectivity index (χ4v) is 5.24. The molecule has 4 rings (SSSR count). The molecule has 34 heavy (non-hydrogen) atoms. The predicted molar refractivity (Wildman–Crippen MR) is 131 cm³/mol. The van der Waals surface area contributed by atoms with E-state index in [9.17, 15) is 18.0 Å². The summed E-state index contributed by atoms with van der Waals surface area (Å²) >= 11 is 0. The van der Waals surface area contributed by atoms with Crippen molar-refractivity contribution in [2.75, 3.05) is 5.32 Å². The zero-order chi connectivity index (χ0) is 24.3. The average Bonchev–Trinajstić information content (AvgIpc) is 3.04. The molecule has 2 atom stereocenters. The zero-order valence-electron chi connectivity index (χ0n) is 19.4. The molecule has 8 nitrogen and oxygen atoms in total. The fourth-order valence-electron chi connectivity index (χ4n) is 4.00. The highest BCUT2D eigenvalue weighted by Gasteiger charge is 2.33. The van der Waals surface area contributed by atoms with E-state index in [2.05, 4.69) is 20.3 Å². The Morgan fingerprint density at radius 1 is 1.15 bits per heavy atom. The molecule has 0 radical (unpaired) electrons. The molecule has 2 amide bonds. The Hall–Kier alpha value is -3.20. The number of benzene rings is 2. The van der Waals surface area contributed by atoms with Gasteiger partial charge in [0.15, 0.2) is 0 Å². The second-order valence-corrected chi connectivity index (χ2v) is 10.6. The number of rotatable bonds is 8. The Kier molecular flexibility index (Phi) is 7.02. The number of nitrogens with zero attached hydrogens (tertiary/aromatic N) is 1. The summed E-state index contributed by atoms with van der Waals surface area (Å²) in [6, 6.07) is 13.3. The number of carbonyl (C=O) groups is 2. The van der Waals surface area contributed by atoms with Gasteiger partial charge >= 0.3 is 0 Å². The summed E-state index contributed by atoms with van der Waals surface area (Å²) in [7, 11) is -3.68. The smallest absolute Gasteiger partial charge is 0.263 e. The van der Waals surface area contributed by atoms with Crippen molar-refractivity contribution < 1.29 is 18.0 Å². The van der Waals surface area contributed by atoms with Gasteiger partial charge in [-0.25, -0.2) is 8.42 Å². The number of nitrogens with one attached hydrogen (secondary N) is 3. The number of amides is 2. The number of fused-ring (bicyclic) bond motifs is 1. The molecule has 0 aromatic heterocycles. The third-order valence-corrected chi connectivity index (χ3v) is 7.92. The average molecular weight is 483 g/mol. The standard InChI is InChI=1S/C25H30N4O4S/c1-3-16(2)22(28-23-20-12-4-5-13-21(20)34(32,33)29-23)25(31)26-15-17-8-6-11-19(14-17)27-24(30)18-9-7-10-18/h4-6,8,11-14,16,18,22H,3,7,9-10,15H2,1-2H3,(H,26,31)(H,27,30)(H,28,29)/t16-,22-/m0/s1. The van der Waals surface area contributed by atoms with Crippen LogP contribution in [0.15, 0.2) is 58.4 Å². The van der Waals surface area contributed by atoms with Crippen molar-refractivity contribution in [1.29, 1.82) is 0 Å². The molecule has 0 unspecified atom stereocenters. The van der Waals surface area contributed by atoms with Crippen LogP contribution in [0.2, 0.25) is 0 Å². The van der Waals surface area contributed by atoms with E-state index in [-0.39, 0.29) is 40.9 Å². The van der Waals surface area contributed by atoms with Gasteiger partial charge in [0, 0.05) is 23.7 Å². The molecular formula is C25H30N4O4S. The highest BCUT2D eigenvalue weighted by Crippen LogP contribution is 2.28. The SMILES string of the molecule is CC[C@H](C)[C@H](N=C1NS(=O)(=O)c2ccccc21)C(=O)NCc1cccc(NC(=O)C2CCC2)c1. The normalized spacial score (nSPS) is 19.4. The topological polar surface area (TPSA) is 117 Å². The van der Waals surface area contributed by atoms with Crippen molar-refractivity contribution in [3.63, 3.8) is 0 Å². The van der Waals surface area contributed by atoms with Gasteiger partial charge in [-0.15, -0.1) is 0 Å². The lowest BCUT2D eigenvalue weighted by atomic mass is 9.85. The number of hydrogen-bond donors (Lipinski definition) is 3. The highest BCUT2D eigenvalue weighted by molar-refractivity contribution is 7.90. The number of carbonyl (C=O) groups excluding carboxylic acids is 2. The molecule has 180 valence electrons. The Labute approximate surface area is 200 Å². The fraction of sp³-hybridized carbons (Fsp3) is 0.400. The van der Waals surface area contributed by atoms with E-state index < -0.39 is 16.1 Å². The van der Waals surface area contributed by atoms with Gasteiger partial charge in [0.1, 0.15) is 11.9 Å². The highest BCUT2D eigenvalue weighted by atomic mass is 32.2. The largest absolute Gasteiger partial charge is 0.350 e. The van der Waals surface area contributed by atoms with Crippen LogP contribution in [0.25, 0.3) is 0 Å². The lowest BCUT2D eigenvalue weighted by Crippen LogP contribution is -2.39. The number of amidine groups is 1. The van der Waals surface area contributed by atoms with E-state index in [1.54, 1.807) is 18.2 Å². The van der Waals surface area contributed by atoms with Gasteiger partial charge in [-0.3, -0.25) is 19.3 Å². The number of hydrogen-bond acceptors (Lipinski definition) is 5. The molecular weight excluding hydrogens is 452 g/mol. The minimum atomic E-state index is -3.68. The molecule has 2 aliphatic rings. The van der Waals surface area contributed by atoms with Crippen LogP contribution >= 0.6 is 0 Å². The summed E-state index contributed by atoms with van der Waals surface area (Å²) in [5.74, 6) is -0.0553. The molecule has 9 heteroatoms. The first-order valence-electron chi connectivity index (χ1n) is 11.7. The van der Waals surface area contributed by atoms with Crippen LogP contribution in [0.3, 0.4) is 0 Å². The lowest BCUT2D eigenvalue weighted by molar-refractivity contribution is -0.123. The van der Waals surface area contributed by atoms with Crippen molar-refractivity contribution in [3.8, 4) is 0 Å². The number of anilines is 1. The van der Waals surface area contributed by atoms with E-state index >= 15 is 0 Å². The first-order chi connectivity index (χ1) is 16.3. The van der Waals surface area contributed by atoms with Crippen LogP contribution in [0.5, 0.6) is 0 Å². The molecule has 1 fully saturated rings. The molecule has 2 aromatic carbocycles. The molecule has 1 aliphatic carbocycles. The first-order valence-corrected chi connectivity index (χ1v) is 13.1. The third-order valence-electron chi connectivity index (χ3n) is 6.52. The van der Waals surface area contributed by atoms with Crippen LogP contribution in [0.4, 0.5) is 5.69 Å². The Balaban J connectivity index is 1.47. The van der Waals surface area contributed by atoms with Crippen molar-refractivity contribution >= 4 is 33.4 Å². The Morgan fingerprint density at radius 3 is 2.62 bits per heavy atom.